The number of hydrogen-bond acceptors (Lipinski definition) is 7. The lowest BCUT2D eigenvalue weighted by atomic mass is 10.3. The summed E-state index contributed by atoms with van der Waals surface area (Å²) < 4.78 is 29.6. The molecule has 1 heterocycles. The third-order valence-electron chi connectivity index (χ3n) is 2.07. The fraction of sp³-hybridized carbons (Fsp3) is 0.500. The molecule has 0 aliphatic heterocycles. The molecule has 2 N–H and O–H groups in total. The molecule has 0 aliphatic carbocycles. The Hall–Kier alpha value is -1.90. The number of allylic oxidation sites excluding steroid dienone is 1. The normalized spacial score (nSPS) is 11.3. The van der Waals surface area contributed by atoms with Gasteiger partial charge in [-0.05, 0) is 13.8 Å². The number of nitrogen functional groups attached to an aromatic ring is 1. The molecule has 1 aromatic heterocycles. The van der Waals surface area contributed by atoms with Crippen molar-refractivity contribution >= 4 is 21.6 Å². The van der Waals surface area contributed by atoms with E-state index in [4.69, 9.17) is 5.73 Å². The van der Waals surface area contributed by atoms with Crippen molar-refractivity contribution < 1.29 is 17.9 Å². The number of aromatic nitrogens is 3. The van der Waals surface area contributed by atoms with E-state index in [1.807, 2.05) is 0 Å². The van der Waals surface area contributed by atoms with Crippen molar-refractivity contribution in [3.8, 4) is 0 Å². The average molecular weight is 288 g/mol. The highest BCUT2D eigenvalue weighted by molar-refractivity contribution is 7.92. The number of carbonyl (C=O) groups is 1. The predicted octanol–water partition coefficient (Wildman–Crippen LogP) is -0.227. The number of sulfone groups is 1. The molecule has 19 heavy (non-hydrogen) atoms. The number of rotatable bonds is 6. The summed E-state index contributed by atoms with van der Waals surface area (Å²) in [7, 11) is -3.95. The van der Waals surface area contributed by atoms with Gasteiger partial charge in [0, 0.05) is 0 Å². The number of nitrogens with zero attached hydrogens (tertiary/aromatic N) is 3. The first-order valence-electron chi connectivity index (χ1n) is 5.49. The van der Waals surface area contributed by atoms with E-state index in [0.29, 0.717) is 0 Å². The van der Waals surface area contributed by atoms with Crippen molar-refractivity contribution in [2.24, 2.45) is 0 Å². The van der Waals surface area contributed by atoms with Crippen LogP contribution in [0.5, 0.6) is 0 Å². The molecular formula is C10H16N4O4S. The number of ether oxygens (including phenoxy) is 1. The minimum atomic E-state index is -3.95. The van der Waals surface area contributed by atoms with Gasteiger partial charge in [0.05, 0.1) is 13.2 Å². The van der Waals surface area contributed by atoms with Crippen LogP contribution < -0.4 is 5.73 Å². The van der Waals surface area contributed by atoms with Gasteiger partial charge in [-0.3, -0.25) is 4.79 Å². The van der Waals surface area contributed by atoms with Gasteiger partial charge < -0.3 is 10.5 Å². The monoisotopic (exact) mass is 288 g/mol. The predicted molar refractivity (Wildman–Crippen MR) is 67.9 cm³/mol. The second-order valence-electron chi connectivity index (χ2n) is 3.96. The van der Waals surface area contributed by atoms with Crippen LogP contribution in [0.1, 0.15) is 13.8 Å². The first-order chi connectivity index (χ1) is 8.77. The molecule has 1 rings (SSSR count). The molecule has 0 fully saturated rings. The molecule has 0 bridgehead atoms. The number of nitrogens with two attached hydrogens (primary N) is 1. The third-order valence-corrected chi connectivity index (χ3v) is 3.56. The lowest BCUT2D eigenvalue weighted by Gasteiger charge is -2.04. The maximum atomic E-state index is 11.9. The molecule has 0 aromatic carbocycles. The Morgan fingerprint density at radius 3 is 2.68 bits per heavy atom. The molecule has 0 radical (unpaired) electrons. The SMILES string of the molecule is C=C(C)Cn1nnc(S(=O)(=O)CC(=O)OCC)c1N. The number of hydrogen-bond donors (Lipinski definition) is 1. The maximum Gasteiger partial charge on any atom is 0.321 e. The zero-order chi connectivity index (χ0) is 14.6. The van der Waals surface area contributed by atoms with Crippen molar-refractivity contribution in [3.05, 3.63) is 12.2 Å². The van der Waals surface area contributed by atoms with Crippen molar-refractivity contribution in [2.75, 3.05) is 18.1 Å². The Bertz CT molecular complexity index is 591. The molecule has 0 atom stereocenters. The first-order valence-corrected chi connectivity index (χ1v) is 7.15. The molecule has 0 saturated heterocycles. The molecule has 9 heteroatoms. The summed E-state index contributed by atoms with van der Waals surface area (Å²) in [6.07, 6.45) is 0. The topological polar surface area (TPSA) is 117 Å². The van der Waals surface area contributed by atoms with Crippen LogP contribution in [0.2, 0.25) is 0 Å². The van der Waals surface area contributed by atoms with Crippen LogP contribution in [0.25, 0.3) is 0 Å². The zero-order valence-electron chi connectivity index (χ0n) is 10.8. The largest absolute Gasteiger partial charge is 0.465 e. The molecular weight excluding hydrogens is 272 g/mol. The third kappa shape index (κ3) is 3.78. The summed E-state index contributed by atoms with van der Waals surface area (Å²) in [5.41, 5.74) is 6.39. The van der Waals surface area contributed by atoms with Gasteiger partial charge in [0.1, 0.15) is 0 Å². The molecule has 0 aliphatic rings. The standard InChI is InChI=1S/C10H16N4O4S/c1-4-18-8(15)6-19(16,17)10-9(11)14(13-12-10)5-7(2)3/h2,4-6,11H2,1,3H3. The highest BCUT2D eigenvalue weighted by Gasteiger charge is 2.27. The fourth-order valence-electron chi connectivity index (χ4n) is 1.32. The Morgan fingerprint density at radius 1 is 1.53 bits per heavy atom. The second kappa shape index (κ2) is 5.83. The van der Waals surface area contributed by atoms with Crippen LogP contribution in [0.15, 0.2) is 17.2 Å². The molecule has 0 spiro atoms. The van der Waals surface area contributed by atoms with Crippen molar-refractivity contribution in [3.63, 3.8) is 0 Å². The highest BCUT2D eigenvalue weighted by atomic mass is 32.2. The van der Waals surface area contributed by atoms with Crippen molar-refractivity contribution in [1.82, 2.24) is 15.0 Å². The van der Waals surface area contributed by atoms with Gasteiger partial charge in [0.25, 0.3) is 0 Å². The van der Waals surface area contributed by atoms with E-state index in [2.05, 4.69) is 21.6 Å². The second-order valence-corrected chi connectivity index (χ2v) is 5.86. The van der Waals surface area contributed by atoms with Crippen molar-refractivity contribution in [1.29, 1.82) is 0 Å². The van der Waals surface area contributed by atoms with Gasteiger partial charge in [-0.1, -0.05) is 17.4 Å². The summed E-state index contributed by atoms with van der Waals surface area (Å²) in [4.78, 5) is 11.2. The Kier molecular flexibility index (Phi) is 4.65. The first kappa shape index (κ1) is 15.2. The van der Waals surface area contributed by atoms with Gasteiger partial charge in [0.15, 0.2) is 11.6 Å². The molecule has 8 nitrogen and oxygen atoms in total. The highest BCUT2D eigenvalue weighted by Crippen LogP contribution is 2.17. The van der Waals surface area contributed by atoms with Crippen molar-refractivity contribution in [2.45, 2.75) is 25.4 Å². The summed E-state index contributed by atoms with van der Waals surface area (Å²) in [6, 6.07) is 0. The van der Waals surface area contributed by atoms with Crippen LogP contribution in [0, 0.1) is 0 Å². The molecule has 0 saturated carbocycles. The molecule has 1 aromatic rings. The van der Waals surface area contributed by atoms with E-state index >= 15 is 0 Å². The van der Waals surface area contributed by atoms with Gasteiger partial charge in [-0.15, -0.1) is 5.10 Å². The minimum absolute atomic E-state index is 0.103. The van der Waals surface area contributed by atoms with E-state index in [1.165, 1.54) is 4.68 Å². The molecule has 0 amide bonds. The number of esters is 1. The van der Waals surface area contributed by atoms with Gasteiger partial charge in [-0.2, -0.15) is 0 Å². The van der Waals surface area contributed by atoms with Crippen LogP contribution >= 0.6 is 0 Å². The summed E-state index contributed by atoms with van der Waals surface area (Å²) in [5, 5.41) is 6.71. The van der Waals surface area contributed by atoms with E-state index < -0.39 is 26.6 Å². The van der Waals surface area contributed by atoms with E-state index in [1.54, 1.807) is 13.8 Å². The van der Waals surface area contributed by atoms with Crippen LogP contribution in [0.4, 0.5) is 5.82 Å². The van der Waals surface area contributed by atoms with Crippen LogP contribution in [-0.2, 0) is 25.9 Å². The minimum Gasteiger partial charge on any atom is -0.465 e. The Balaban J connectivity index is 2.99. The number of carbonyl (C=O) groups excluding carboxylic acids is 1. The number of anilines is 1. The molecule has 0 unspecified atom stereocenters. The smallest absolute Gasteiger partial charge is 0.321 e. The molecule has 106 valence electrons. The summed E-state index contributed by atoms with van der Waals surface area (Å²) >= 11 is 0. The lowest BCUT2D eigenvalue weighted by Crippen LogP contribution is -2.20. The lowest BCUT2D eigenvalue weighted by molar-refractivity contribution is -0.139. The fourth-order valence-corrected chi connectivity index (χ4v) is 2.44. The Morgan fingerprint density at radius 2 is 2.16 bits per heavy atom. The van der Waals surface area contributed by atoms with Gasteiger partial charge in [0.2, 0.25) is 14.9 Å². The maximum absolute atomic E-state index is 11.9. The van der Waals surface area contributed by atoms with E-state index in [0.717, 1.165) is 5.57 Å². The summed E-state index contributed by atoms with van der Waals surface area (Å²) in [5.74, 6) is -1.78. The van der Waals surface area contributed by atoms with E-state index in [-0.39, 0.29) is 19.0 Å². The van der Waals surface area contributed by atoms with Gasteiger partial charge in [-0.25, -0.2) is 13.1 Å². The van der Waals surface area contributed by atoms with E-state index in [9.17, 15) is 13.2 Å². The van der Waals surface area contributed by atoms with Crippen LogP contribution in [0.3, 0.4) is 0 Å². The van der Waals surface area contributed by atoms with Gasteiger partial charge >= 0.3 is 5.97 Å². The average Bonchev–Trinajstić information content (AvgIpc) is 2.59. The zero-order valence-corrected chi connectivity index (χ0v) is 11.6. The van der Waals surface area contributed by atoms with Crippen LogP contribution in [-0.4, -0.2) is 41.7 Å². The Labute approximate surface area is 111 Å². The quantitative estimate of drug-likeness (QED) is 0.567. The summed E-state index contributed by atoms with van der Waals surface area (Å²) in [6.45, 7) is 7.36.